The van der Waals surface area contributed by atoms with E-state index in [4.69, 9.17) is 0 Å². The van der Waals surface area contributed by atoms with E-state index in [1.165, 1.54) is 24.3 Å². The predicted octanol–water partition coefficient (Wildman–Crippen LogP) is 1.44. The fourth-order valence-electron chi connectivity index (χ4n) is 3.23. The normalized spacial score (nSPS) is 13.2. The number of nitrogens with one attached hydrogen (secondary N) is 1. The fraction of sp³-hybridized carbons (Fsp3) is 0.188. The van der Waals surface area contributed by atoms with Crippen molar-refractivity contribution in [2.24, 2.45) is 0 Å². The second-order valence-corrected chi connectivity index (χ2v) is 5.46. The third-order valence-electron chi connectivity index (χ3n) is 4.20. The van der Waals surface area contributed by atoms with Gasteiger partial charge >= 0.3 is 5.69 Å². The number of aromatic nitrogens is 3. The lowest BCUT2D eigenvalue weighted by Gasteiger charge is -2.06. The molecule has 2 aromatic heterocycles. The zero-order valence-electron chi connectivity index (χ0n) is 12.0. The molecule has 23 heavy (non-hydrogen) atoms. The van der Waals surface area contributed by atoms with Gasteiger partial charge in [0.1, 0.15) is 17.4 Å². The van der Waals surface area contributed by atoms with Gasteiger partial charge in [0, 0.05) is 12.2 Å². The summed E-state index contributed by atoms with van der Waals surface area (Å²) in [7, 11) is 0. The molecule has 6 nitrogen and oxygen atoms in total. The van der Waals surface area contributed by atoms with E-state index in [1.807, 2.05) is 0 Å². The highest BCUT2D eigenvalue weighted by molar-refractivity contribution is 5.84. The van der Waals surface area contributed by atoms with Gasteiger partial charge in [0.2, 0.25) is 0 Å². The van der Waals surface area contributed by atoms with Crippen LogP contribution in [-0.2, 0) is 13.0 Å². The van der Waals surface area contributed by atoms with Crippen LogP contribution in [0, 0.1) is 17.1 Å². The SMILES string of the molecule is N#Cc1c2n(c3c(=O)n(-c4ccc(F)cc4)c(=O)[nH]c13)CCC2. The van der Waals surface area contributed by atoms with Crippen LogP contribution in [0.4, 0.5) is 4.39 Å². The molecule has 1 aliphatic rings. The highest BCUT2D eigenvalue weighted by Crippen LogP contribution is 2.27. The number of H-pyrrole nitrogens is 1. The lowest BCUT2D eigenvalue weighted by Crippen LogP contribution is -2.34. The van der Waals surface area contributed by atoms with Crippen molar-refractivity contribution in [3.63, 3.8) is 0 Å². The van der Waals surface area contributed by atoms with Crippen LogP contribution in [0.1, 0.15) is 17.7 Å². The number of aromatic amines is 1. The first-order chi connectivity index (χ1) is 11.1. The maximum atomic E-state index is 13.1. The molecule has 3 heterocycles. The Kier molecular flexibility index (Phi) is 2.75. The molecule has 0 atom stereocenters. The number of fused-ring (bicyclic) bond motifs is 3. The van der Waals surface area contributed by atoms with Crippen molar-refractivity contribution in [2.75, 3.05) is 0 Å². The van der Waals surface area contributed by atoms with E-state index in [0.717, 1.165) is 16.7 Å². The Morgan fingerprint density at radius 3 is 2.65 bits per heavy atom. The van der Waals surface area contributed by atoms with Crippen LogP contribution in [0.15, 0.2) is 33.9 Å². The summed E-state index contributed by atoms with van der Waals surface area (Å²) in [5.41, 5.74) is 0.889. The summed E-state index contributed by atoms with van der Waals surface area (Å²) in [6.07, 6.45) is 1.56. The Morgan fingerprint density at radius 1 is 1.22 bits per heavy atom. The van der Waals surface area contributed by atoms with Gasteiger partial charge in [-0.1, -0.05) is 0 Å². The first-order valence-electron chi connectivity index (χ1n) is 7.18. The second-order valence-electron chi connectivity index (χ2n) is 5.46. The quantitative estimate of drug-likeness (QED) is 0.738. The first-order valence-corrected chi connectivity index (χ1v) is 7.18. The minimum Gasteiger partial charge on any atom is -0.337 e. The lowest BCUT2D eigenvalue weighted by atomic mass is 10.2. The molecule has 7 heteroatoms. The molecule has 1 aliphatic heterocycles. The summed E-state index contributed by atoms with van der Waals surface area (Å²) in [5, 5.41) is 9.35. The van der Waals surface area contributed by atoms with E-state index >= 15 is 0 Å². The van der Waals surface area contributed by atoms with Gasteiger partial charge in [-0.05, 0) is 37.1 Å². The summed E-state index contributed by atoms with van der Waals surface area (Å²) >= 11 is 0. The Hall–Kier alpha value is -3.14. The zero-order valence-corrected chi connectivity index (χ0v) is 12.0. The molecule has 0 aliphatic carbocycles. The van der Waals surface area contributed by atoms with Gasteiger partial charge in [-0.25, -0.2) is 13.8 Å². The maximum absolute atomic E-state index is 13.1. The Morgan fingerprint density at radius 2 is 1.96 bits per heavy atom. The van der Waals surface area contributed by atoms with Crippen LogP contribution >= 0.6 is 0 Å². The largest absolute Gasteiger partial charge is 0.337 e. The summed E-state index contributed by atoms with van der Waals surface area (Å²) in [6.45, 7) is 0.637. The molecule has 0 bridgehead atoms. The van der Waals surface area contributed by atoms with E-state index in [9.17, 15) is 19.2 Å². The topological polar surface area (TPSA) is 83.6 Å². The highest BCUT2D eigenvalue weighted by Gasteiger charge is 2.25. The standard InChI is InChI=1S/C16H11FN4O2/c17-9-3-5-10(6-4-9)21-15(22)14-13(19-16(21)23)11(8-18)12-2-1-7-20(12)14/h3-6H,1-2,7H2,(H,19,23). The van der Waals surface area contributed by atoms with Crippen molar-refractivity contribution in [3.8, 4) is 11.8 Å². The molecule has 1 N–H and O–H groups in total. The number of benzene rings is 1. The van der Waals surface area contributed by atoms with Gasteiger partial charge < -0.3 is 9.55 Å². The third-order valence-corrected chi connectivity index (χ3v) is 4.20. The van der Waals surface area contributed by atoms with Gasteiger partial charge in [-0.2, -0.15) is 5.26 Å². The second kappa shape index (κ2) is 4.68. The number of aryl methyl sites for hydroxylation is 1. The van der Waals surface area contributed by atoms with Crippen LogP contribution < -0.4 is 11.2 Å². The van der Waals surface area contributed by atoms with Gasteiger partial charge in [-0.3, -0.25) is 4.79 Å². The Balaban J connectivity index is 2.13. The van der Waals surface area contributed by atoms with Gasteiger partial charge in [0.25, 0.3) is 5.56 Å². The van der Waals surface area contributed by atoms with Crippen molar-refractivity contribution in [2.45, 2.75) is 19.4 Å². The summed E-state index contributed by atoms with van der Waals surface area (Å²) in [4.78, 5) is 27.8. The fourth-order valence-corrected chi connectivity index (χ4v) is 3.23. The molecular weight excluding hydrogens is 299 g/mol. The third kappa shape index (κ3) is 1.78. The number of halogens is 1. The molecular formula is C16H11FN4O2. The lowest BCUT2D eigenvalue weighted by molar-refractivity contribution is 0.627. The summed E-state index contributed by atoms with van der Waals surface area (Å²) < 4.78 is 15.8. The van der Waals surface area contributed by atoms with Crippen molar-refractivity contribution >= 4 is 11.0 Å². The van der Waals surface area contributed by atoms with Crippen molar-refractivity contribution in [3.05, 3.63) is 62.2 Å². The van der Waals surface area contributed by atoms with E-state index < -0.39 is 17.1 Å². The van der Waals surface area contributed by atoms with E-state index in [2.05, 4.69) is 11.1 Å². The number of hydrogen-bond acceptors (Lipinski definition) is 3. The van der Waals surface area contributed by atoms with Crippen molar-refractivity contribution in [1.82, 2.24) is 14.1 Å². The Labute approximate surface area is 129 Å². The number of nitrogens with zero attached hydrogens (tertiary/aromatic N) is 3. The minimum atomic E-state index is -0.644. The van der Waals surface area contributed by atoms with E-state index in [1.54, 1.807) is 4.57 Å². The first kappa shape index (κ1) is 13.5. The Bertz CT molecular complexity index is 1100. The number of rotatable bonds is 1. The number of hydrogen-bond donors (Lipinski definition) is 1. The molecule has 4 rings (SSSR count). The average molecular weight is 310 g/mol. The molecule has 1 aromatic carbocycles. The van der Waals surface area contributed by atoms with E-state index in [0.29, 0.717) is 24.0 Å². The van der Waals surface area contributed by atoms with Crippen LogP contribution in [0.3, 0.4) is 0 Å². The molecule has 0 fully saturated rings. The molecule has 0 radical (unpaired) electrons. The van der Waals surface area contributed by atoms with Crippen LogP contribution in [0.5, 0.6) is 0 Å². The van der Waals surface area contributed by atoms with Crippen molar-refractivity contribution < 1.29 is 4.39 Å². The van der Waals surface area contributed by atoms with E-state index in [-0.39, 0.29) is 11.2 Å². The molecule has 0 amide bonds. The van der Waals surface area contributed by atoms with Crippen LogP contribution in [-0.4, -0.2) is 14.1 Å². The number of nitriles is 1. The van der Waals surface area contributed by atoms with Crippen LogP contribution in [0.2, 0.25) is 0 Å². The van der Waals surface area contributed by atoms with Gasteiger partial charge in [0.15, 0.2) is 0 Å². The molecule has 0 saturated heterocycles. The molecule has 3 aromatic rings. The van der Waals surface area contributed by atoms with Crippen LogP contribution in [0.25, 0.3) is 16.7 Å². The van der Waals surface area contributed by atoms with Gasteiger partial charge in [0.05, 0.1) is 16.8 Å². The summed E-state index contributed by atoms with van der Waals surface area (Å²) in [6, 6.07) is 7.20. The molecule has 0 unspecified atom stereocenters. The summed E-state index contributed by atoms with van der Waals surface area (Å²) in [5.74, 6) is -0.449. The minimum absolute atomic E-state index is 0.284. The predicted molar refractivity (Wildman–Crippen MR) is 81.1 cm³/mol. The molecule has 0 spiro atoms. The average Bonchev–Trinajstić information content (AvgIpc) is 3.08. The monoisotopic (exact) mass is 310 g/mol. The molecule has 0 saturated carbocycles. The van der Waals surface area contributed by atoms with Gasteiger partial charge in [-0.15, -0.1) is 0 Å². The maximum Gasteiger partial charge on any atom is 0.333 e. The highest BCUT2D eigenvalue weighted by atomic mass is 19.1. The van der Waals surface area contributed by atoms with Crippen molar-refractivity contribution in [1.29, 1.82) is 5.26 Å². The smallest absolute Gasteiger partial charge is 0.333 e. The zero-order chi connectivity index (χ0) is 16.1. The molecule has 114 valence electrons.